The van der Waals surface area contributed by atoms with Crippen molar-refractivity contribution in [2.24, 2.45) is 28.2 Å². The van der Waals surface area contributed by atoms with Gasteiger partial charge in [-0.1, -0.05) is 27.7 Å². The Morgan fingerprint density at radius 3 is 2.82 bits per heavy atom. The summed E-state index contributed by atoms with van der Waals surface area (Å²) in [7, 11) is 1.92. The number of rotatable bonds is 3. The van der Waals surface area contributed by atoms with Gasteiger partial charge in [0.05, 0.1) is 6.10 Å². The molecule has 1 aliphatic carbocycles. The second kappa shape index (κ2) is 6.03. The highest BCUT2D eigenvalue weighted by atomic mass is 16.5. The molecule has 2 saturated heterocycles. The molecule has 3 rings (SSSR count). The first-order valence-corrected chi connectivity index (χ1v) is 9.03. The molecule has 126 valence electrons. The van der Waals surface area contributed by atoms with Crippen molar-refractivity contribution in [3.05, 3.63) is 0 Å². The summed E-state index contributed by atoms with van der Waals surface area (Å²) < 4.78 is 5.91. The predicted octanol–water partition coefficient (Wildman–Crippen LogP) is 2.74. The largest absolute Gasteiger partial charge is 0.377 e. The fourth-order valence-electron chi connectivity index (χ4n) is 4.94. The number of hydrogen-bond acceptors (Lipinski definition) is 2. The van der Waals surface area contributed by atoms with Crippen molar-refractivity contribution in [3.8, 4) is 0 Å². The highest BCUT2D eigenvalue weighted by molar-refractivity contribution is 5.80. The van der Waals surface area contributed by atoms with Gasteiger partial charge in [0.25, 0.3) is 0 Å². The molecular weight excluding hydrogens is 274 g/mol. The third-order valence-electron chi connectivity index (χ3n) is 5.99. The van der Waals surface area contributed by atoms with Crippen molar-refractivity contribution in [2.75, 3.05) is 26.7 Å². The summed E-state index contributed by atoms with van der Waals surface area (Å²) in [4.78, 5) is 7.04. The zero-order chi connectivity index (χ0) is 15.9. The Bertz CT molecular complexity index is 432. The van der Waals surface area contributed by atoms with E-state index in [2.05, 4.69) is 42.9 Å². The van der Waals surface area contributed by atoms with E-state index in [1.807, 2.05) is 7.05 Å². The first-order valence-electron chi connectivity index (χ1n) is 9.03. The van der Waals surface area contributed by atoms with E-state index >= 15 is 0 Å². The standard InChI is InChI=1S/C18H33N3O/c1-12(2)10-13-6-8-21(11-13)17(19-5)20-15-14-7-9-22-16(14)18(15,3)4/h12-16H,6-11H2,1-5H3,(H,19,20). The maximum absolute atomic E-state index is 5.91. The average Bonchev–Trinajstić information content (AvgIpc) is 3.07. The lowest BCUT2D eigenvalue weighted by Gasteiger charge is -2.55. The van der Waals surface area contributed by atoms with Crippen molar-refractivity contribution in [2.45, 2.75) is 59.1 Å². The molecule has 1 saturated carbocycles. The molecule has 22 heavy (non-hydrogen) atoms. The minimum absolute atomic E-state index is 0.216. The molecule has 4 nitrogen and oxygen atoms in total. The Kier molecular flexibility index (Phi) is 4.41. The lowest BCUT2D eigenvalue weighted by molar-refractivity contribution is -0.107. The Labute approximate surface area is 135 Å². The first kappa shape index (κ1) is 16.1. The van der Waals surface area contributed by atoms with E-state index in [0.29, 0.717) is 18.1 Å². The van der Waals surface area contributed by atoms with Crippen LogP contribution in [-0.4, -0.2) is 49.7 Å². The van der Waals surface area contributed by atoms with Crippen LogP contribution in [0.5, 0.6) is 0 Å². The van der Waals surface area contributed by atoms with E-state index in [0.717, 1.165) is 37.5 Å². The zero-order valence-electron chi connectivity index (χ0n) is 14.9. The number of nitrogens with zero attached hydrogens (tertiary/aromatic N) is 2. The number of nitrogens with one attached hydrogen (secondary N) is 1. The SMILES string of the molecule is CN=C(NC1C2CCOC2C1(C)C)N1CCC(CC(C)C)C1. The van der Waals surface area contributed by atoms with Gasteiger partial charge in [0.1, 0.15) is 0 Å². The van der Waals surface area contributed by atoms with Crippen LogP contribution in [0.1, 0.15) is 47.0 Å². The second-order valence-electron chi connectivity index (χ2n) is 8.46. The molecule has 0 aromatic heterocycles. The molecule has 1 N–H and O–H groups in total. The van der Waals surface area contributed by atoms with Crippen molar-refractivity contribution < 1.29 is 4.74 Å². The van der Waals surface area contributed by atoms with E-state index in [1.165, 1.54) is 19.3 Å². The summed E-state index contributed by atoms with van der Waals surface area (Å²) in [6, 6.07) is 0.503. The second-order valence-corrected chi connectivity index (χ2v) is 8.46. The Morgan fingerprint density at radius 1 is 1.36 bits per heavy atom. The van der Waals surface area contributed by atoms with Gasteiger partial charge in [0.2, 0.25) is 0 Å². The van der Waals surface area contributed by atoms with Crippen molar-refractivity contribution in [3.63, 3.8) is 0 Å². The fourth-order valence-corrected chi connectivity index (χ4v) is 4.94. The van der Waals surface area contributed by atoms with E-state index < -0.39 is 0 Å². The summed E-state index contributed by atoms with van der Waals surface area (Å²) in [6.07, 6.45) is 4.28. The maximum atomic E-state index is 5.91. The Morgan fingerprint density at radius 2 is 2.14 bits per heavy atom. The predicted molar refractivity (Wildman–Crippen MR) is 91.0 cm³/mol. The van der Waals surface area contributed by atoms with Crippen molar-refractivity contribution in [1.29, 1.82) is 0 Å². The van der Waals surface area contributed by atoms with Gasteiger partial charge in [-0.05, 0) is 31.1 Å². The average molecular weight is 307 g/mol. The summed E-state index contributed by atoms with van der Waals surface area (Å²) in [5.74, 6) is 3.40. The van der Waals surface area contributed by atoms with E-state index in [-0.39, 0.29) is 5.41 Å². The molecule has 4 atom stereocenters. The van der Waals surface area contributed by atoms with Crippen LogP contribution >= 0.6 is 0 Å². The van der Waals surface area contributed by atoms with Gasteiger partial charge in [0.15, 0.2) is 5.96 Å². The minimum atomic E-state index is 0.216. The van der Waals surface area contributed by atoms with Crippen LogP contribution in [-0.2, 0) is 4.74 Å². The van der Waals surface area contributed by atoms with Gasteiger partial charge in [-0.15, -0.1) is 0 Å². The van der Waals surface area contributed by atoms with E-state index in [9.17, 15) is 0 Å². The zero-order valence-corrected chi connectivity index (χ0v) is 14.9. The summed E-state index contributed by atoms with van der Waals surface area (Å²) >= 11 is 0. The van der Waals surface area contributed by atoms with E-state index in [1.54, 1.807) is 0 Å². The monoisotopic (exact) mass is 307 g/mol. The highest BCUT2D eigenvalue weighted by Gasteiger charge is 2.59. The molecule has 2 heterocycles. The number of likely N-dealkylation sites (tertiary alicyclic amines) is 1. The normalized spacial score (nSPS) is 37.4. The van der Waals surface area contributed by atoms with Gasteiger partial charge >= 0.3 is 0 Å². The molecule has 0 aromatic rings. The lowest BCUT2D eigenvalue weighted by atomic mass is 9.57. The molecule has 3 fully saturated rings. The molecule has 0 spiro atoms. The van der Waals surface area contributed by atoms with Crippen LogP contribution in [0.15, 0.2) is 4.99 Å². The van der Waals surface area contributed by atoms with Crippen LogP contribution in [0, 0.1) is 23.2 Å². The minimum Gasteiger partial charge on any atom is -0.377 e. The van der Waals surface area contributed by atoms with Crippen LogP contribution < -0.4 is 5.32 Å². The van der Waals surface area contributed by atoms with Gasteiger partial charge in [0, 0.05) is 44.1 Å². The molecule has 0 amide bonds. The molecule has 3 aliphatic rings. The molecule has 2 aliphatic heterocycles. The molecule has 4 unspecified atom stereocenters. The van der Waals surface area contributed by atoms with Crippen LogP contribution in [0.25, 0.3) is 0 Å². The summed E-state index contributed by atoms with van der Waals surface area (Å²) in [6.45, 7) is 12.5. The third-order valence-corrected chi connectivity index (χ3v) is 5.99. The number of fused-ring (bicyclic) bond motifs is 1. The van der Waals surface area contributed by atoms with Gasteiger partial charge in [-0.2, -0.15) is 0 Å². The van der Waals surface area contributed by atoms with Gasteiger partial charge in [-0.25, -0.2) is 0 Å². The topological polar surface area (TPSA) is 36.9 Å². The number of ether oxygens (including phenoxy) is 1. The third kappa shape index (κ3) is 2.75. The van der Waals surface area contributed by atoms with Crippen LogP contribution in [0.3, 0.4) is 0 Å². The Balaban J connectivity index is 1.59. The maximum Gasteiger partial charge on any atom is 0.193 e. The molecule has 0 bridgehead atoms. The molecule has 4 heteroatoms. The highest BCUT2D eigenvalue weighted by Crippen LogP contribution is 2.52. The lowest BCUT2D eigenvalue weighted by Crippen LogP contribution is -2.68. The number of aliphatic imine (C=N–C) groups is 1. The van der Waals surface area contributed by atoms with Crippen molar-refractivity contribution in [1.82, 2.24) is 10.2 Å². The van der Waals surface area contributed by atoms with Crippen molar-refractivity contribution >= 4 is 5.96 Å². The quantitative estimate of drug-likeness (QED) is 0.643. The summed E-state index contributed by atoms with van der Waals surface area (Å²) in [5.41, 5.74) is 0.216. The first-order chi connectivity index (χ1) is 10.4. The van der Waals surface area contributed by atoms with Crippen LogP contribution in [0.2, 0.25) is 0 Å². The van der Waals surface area contributed by atoms with Crippen LogP contribution in [0.4, 0.5) is 0 Å². The smallest absolute Gasteiger partial charge is 0.193 e. The fraction of sp³-hybridized carbons (Fsp3) is 0.944. The molecular formula is C18H33N3O. The molecule has 0 aromatic carbocycles. The van der Waals surface area contributed by atoms with E-state index in [4.69, 9.17) is 4.74 Å². The molecule has 0 radical (unpaired) electrons. The summed E-state index contributed by atoms with van der Waals surface area (Å²) in [5, 5.41) is 3.78. The Hall–Kier alpha value is -0.770. The van der Waals surface area contributed by atoms with Gasteiger partial charge < -0.3 is 15.0 Å². The van der Waals surface area contributed by atoms with Gasteiger partial charge in [-0.3, -0.25) is 4.99 Å². The number of guanidine groups is 1. The number of hydrogen-bond donors (Lipinski definition) is 1.